The summed E-state index contributed by atoms with van der Waals surface area (Å²) in [5.41, 5.74) is 11.5. The van der Waals surface area contributed by atoms with Gasteiger partial charge in [0.15, 0.2) is 0 Å². The Morgan fingerprint density at radius 3 is 2.38 bits per heavy atom. The maximum Gasteiger partial charge on any atom is 2.00 e. The Hall–Kier alpha value is -0.0903. The van der Waals surface area contributed by atoms with Gasteiger partial charge in [-0.3, -0.25) is 4.79 Å². The van der Waals surface area contributed by atoms with Crippen molar-refractivity contribution in [2.45, 2.75) is 12.5 Å². The van der Waals surface area contributed by atoms with Crippen LogP contribution in [-0.2, 0) is 11.2 Å². The third-order valence-corrected chi connectivity index (χ3v) is 1.66. The number of benzene rings is 1. The van der Waals surface area contributed by atoms with Crippen molar-refractivity contribution >= 4 is 43.6 Å². The maximum absolute atomic E-state index is 10.6. The fourth-order valence-electron chi connectivity index (χ4n) is 0.969. The first-order valence-electron chi connectivity index (χ1n) is 3.79. The Kier molecular flexibility index (Phi) is 6.33. The molecule has 1 aromatic rings. The van der Waals surface area contributed by atoms with E-state index in [2.05, 4.69) is 0 Å². The van der Waals surface area contributed by atoms with Crippen molar-refractivity contribution in [3.05, 3.63) is 35.9 Å². The predicted octanol–water partition coefficient (Wildman–Crippen LogP) is -0.114. The van der Waals surface area contributed by atoms with Crippen LogP contribution in [0.2, 0.25) is 0 Å². The largest absolute Gasteiger partial charge is 2.00 e. The number of hydrogen-bond donors (Lipinski definition) is 2. The van der Waals surface area contributed by atoms with Gasteiger partial charge in [0.25, 0.3) is 0 Å². The molecule has 0 radical (unpaired) electrons. The van der Waals surface area contributed by atoms with Crippen LogP contribution in [0.15, 0.2) is 30.3 Å². The minimum atomic E-state index is -0.576. The summed E-state index contributed by atoms with van der Waals surface area (Å²) >= 11 is 0. The van der Waals surface area contributed by atoms with Crippen molar-refractivity contribution in [3.8, 4) is 0 Å². The van der Waals surface area contributed by atoms with Crippen molar-refractivity contribution < 1.29 is 7.65 Å². The summed E-state index contributed by atoms with van der Waals surface area (Å²) in [6.07, 6.45) is 0.510. The minimum absolute atomic E-state index is 0. The molecular weight excluding hydrogens is 192 g/mol. The fraction of sp³-hybridized carbons (Fsp3) is 0.222. The molecule has 1 rings (SSSR count). The molecule has 1 amide bonds. The SMILES string of the molecule is NC(=O)C(N)Cc1ccccc1.[Ca+2].[H-].[H-]. The van der Waals surface area contributed by atoms with Gasteiger partial charge in [0, 0.05) is 0 Å². The molecule has 68 valence electrons. The molecule has 0 heterocycles. The van der Waals surface area contributed by atoms with Crippen LogP contribution in [-0.4, -0.2) is 49.7 Å². The van der Waals surface area contributed by atoms with E-state index in [0.29, 0.717) is 6.42 Å². The first-order chi connectivity index (χ1) is 5.70. The van der Waals surface area contributed by atoms with Crippen LogP contribution in [0.1, 0.15) is 8.42 Å². The Labute approximate surface area is 110 Å². The van der Waals surface area contributed by atoms with E-state index in [-0.39, 0.29) is 40.6 Å². The van der Waals surface area contributed by atoms with Gasteiger partial charge < -0.3 is 14.3 Å². The molecule has 0 bridgehead atoms. The summed E-state index contributed by atoms with van der Waals surface area (Å²) in [7, 11) is 0. The molecule has 0 aliphatic heterocycles. The van der Waals surface area contributed by atoms with Crippen molar-refractivity contribution in [2.75, 3.05) is 0 Å². The summed E-state index contributed by atoms with van der Waals surface area (Å²) < 4.78 is 0. The summed E-state index contributed by atoms with van der Waals surface area (Å²) in [5.74, 6) is -0.459. The van der Waals surface area contributed by atoms with Gasteiger partial charge in [-0.2, -0.15) is 0 Å². The van der Waals surface area contributed by atoms with Crippen LogP contribution < -0.4 is 11.5 Å². The second kappa shape index (κ2) is 6.38. The first-order valence-corrected chi connectivity index (χ1v) is 3.79. The number of rotatable bonds is 3. The van der Waals surface area contributed by atoms with E-state index in [4.69, 9.17) is 11.5 Å². The van der Waals surface area contributed by atoms with Gasteiger partial charge in [-0.1, -0.05) is 30.3 Å². The number of amides is 1. The van der Waals surface area contributed by atoms with Crippen LogP contribution in [0.4, 0.5) is 0 Å². The van der Waals surface area contributed by atoms with Gasteiger partial charge in [0.2, 0.25) is 5.91 Å². The van der Waals surface area contributed by atoms with Gasteiger partial charge in [-0.15, -0.1) is 0 Å². The van der Waals surface area contributed by atoms with Gasteiger partial charge >= 0.3 is 37.7 Å². The van der Waals surface area contributed by atoms with Crippen molar-refractivity contribution in [1.82, 2.24) is 0 Å². The van der Waals surface area contributed by atoms with E-state index in [1.165, 1.54) is 0 Å². The number of nitrogens with two attached hydrogens (primary N) is 2. The second-order valence-electron chi connectivity index (χ2n) is 2.70. The molecule has 0 saturated carbocycles. The molecule has 0 aliphatic rings. The number of carbonyl (C=O) groups excluding carboxylic acids is 1. The van der Waals surface area contributed by atoms with Crippen LogP contribution in [0.25, 0.3) is 0 Å². The average Bonchev–Trinajstić information content (AvgIpc) is 2.06. The van der Waals surface area contributed by atoms with E-state index in [0.717, 1.165) is 5.56 Å². The van der Waals surface area contributed by atoms with Gasteiger partial charge in [-0.25, -0.2) is 0 Å². The maximum atomic E-state index is 10.6. The molecule has 0 aliphatic carbocycles. The fourth-order valence-corrected chi connectivity index (χ4v) is 0.969. The van der Waals surface area contributed by atoms with E-state index in [1.54, 1.807) is 0 Å². The predicted molar refractivity (Wildman–Crippen MR) is 55.3 cm³/mol. The summed E-state index contributed by atoms with van der Waals surface area (Å²) in [5, 5.41) is 0. The second-order valence-corrected chi connectivity index (χ2v) is 2.70. The Bertz CT molecular complexity index is 272. The van der Waals surface area contributed by atoms with Gasteiger partial charge in [-0.05, 0) is 12.0 Å². The zero-order valence-corrected chi connectivity index (χ0v) is 9.65. The van der Waals surface area contributed by atoms with Gasteiger partial charge in [0.05, 0.1) is 6.04 Å². The summed E-state index contributed by atoms with van der Waals surface area (Å²) in [6.45, 7) is 0. The summed E-state index contributed by atoms with van der Waals surface area (Å²) in [4.78, 5) is 10.6. The molecular formula is C9H14CaN2O. The van der Waals surface area contributed by atoms with E-state index in [1.807, 2.05) is 30.3 Å². The third-order valence-electron chi connectivity index (χ3n) is 1.66. The number of carbonyl (C=O) groups is 1. The molecule has 1 aromatic carbocycles. The van der Waals surface area contributed by atoms with Crippen LogP contribution >= 0.6 is 0 Å². The van der Waals surface area contributed by atoms with Crippen molar-refractivity contribution in [2.24, 2.45) is 11.5 Å². The molecule has 1 atom stereocenters. The van der Waals surface area contributed by atoms with Crippen LogP contribution in [0.5, 0.6) is 0 Å². The summed E-state index contributed by atoms with van der Waals surface area (Å²) in [6, 6.07) is 8.99. The monoisotopic (exact) mass is 206 g/mol. The first kappa shape index (κ1) is 12.9. The van der Waals surface area contributed by atoms with E-state index < -0.39 is 11.9 Å². The van der Waals surface area contributed by atoms with Crippen LogP contribution in [0, 0.1) is 0 Å². The molecule has 3 nitrogen and oxygen atoms in total. The zero-order valence-electron chi connectivity index (χ0n) is 9.44. The topological polar surface area (TPSA) is 69.1 Å². The Balaban J connectivity index is -0.000000480. The van der Waals surface area contributed by atoms with Crippen LogP contribution in [0.3, 0.4) is 0 Å². The molecule has 13 heavy (non-hydrogen) atoms. The molecule has 0 spiro atoms. The Morgan fingerprint density at radius 2 is 1.92 bits per heavy atom. The molecule has 1 unspecified atom stereocenters. The quantitative estimate of drug-likeness (QED) is 0.677. The number of hydrogen-bond acceptors (Lipinski definition) is 2. The van der Waals surface area contributed by atoms with E-state index >= 15 is 0 Å². The molecule has 4 N–H and O–H groups in total. The average molecular weight is 206 g/mol. The van der Waals surface area contributed by atoms with Crippen molar-refractivity contribution in [1.29, 1.82) is 0 Å². The third kappa shape index (κ3) is 4.62. The van der Waals surface area contributed by atoms with Gasteiger partial charge in [0.1, 0.15) is 0 Å². The number of primary amides is 1. The minimum Gasteiger partial charge on any atom is -1.00 e. The normalized spacial score (nSPS) is 11.5. The molecule has 0 aromatic heterocycles. The molecule has 4 heteroatoms. The van der Waals surface area contributed by atoms with Crippen molar-refractivity contribution in [3.63, 3.8) is 0 Å². The molecule has 0 saturated heterocycles. The molecule has 0 fully saturated rings. The standard InChI is InChI=1S/C9H12N2O.Ca.2H/c10-8(9(11)12)6-7-4-2-1-3-5-7;;;/h1-5,8H,6,10H2,(H2,11,12);;;/q;+2;2*-1. The smallest absolute Gasteiger partial charge is 1.00 e. The zero-order chi connectivity index (χ0) is 8.97. The van der Waals surface area contributed by atoms with E-state index in [9.17, 15) is 4.79 Å². The Morgan fingerprint density at radius 1 is 1.38 bits per heavy atom.